The van der Waals surface area contributed by atoms with E-state index in [4.69, 9.17) is 0 Å². The van der Waals surface area contributed by atoms with Gasteiger partial charge in [-0.3, -0.25) is 0 Å². The molecule has 2 aromatic heterocycles. The summed E-state index contributed by atoms with van der Waals surface area (Å²) in [4.78, 5) is 7.46. The van der Waals surface area contributed by atoms with Crippen LogP contribution in [0.5, 0.6) is 0 Å². The number of fused-ring (bicyclic) bond motifs is 1. The van der Waals surface area contributed by atoms with Gasteiger partial charge in [-0.25, -0.2) is 4.98 Å². The molecule has 0 saturated heterocycles. The Morgan fingerprint density at radius 2 is 2.33 bits per heavy atom. The molecule has 0 aliphatic rings. The molecule has 15 heavy (non-hydrogen) atoms. The number of H-pyrrole nitrogens is 1. The van der Waals surface area contributed by atoms with E-state index in [0.717, 1.165) is 18.6 Å². The first-order valence-electron chi connectivity index (χ1n) is 5.41. The molecule has 80 valence electrons. The van der Waals surface area contributed by atoms with Gasteiger partial charge >= 0.3 is 0 Å². The van der Waals surface area contributed by atoms with E-state index >= 15 is 0 Å². The summed E-state index contributed by atoms with van der Waals surface area (Å²) in [6.07, 6.45) is 4.92. The van der Waals surface area contributed by atoms with Gasteiger partial charge in [-0.15, -0.1) is 0 Å². The standard InChI is InChI=1S/C12H17N3/c1-9(2)13-7-5-10-8-15-12-11(10)4-3-6-14-12/h3-4,6,8-9,13H,5,7H2,1-2H3,(H,14,15). The molecule has 0 saturated carbocycles. The number of aromatic nitrogens is 2. The van der Waals surface area contributed by atoms with Gasteiger partial charge in [0, 0.05) is 23.8 Å². The molecule has 3 nitrogen and oxygen atoms in total. The zero-order valence-electron chi connectivity index (χ0n) is 9.25. The molecule has 0 atom stereocenters. The minimum atomic E-state index is 0.549. The molecule has 0 fully saturated rings. The molecule has 0 amide bonds. The van der Waals surface area contributed by atoms with Crippen LogP contribution in [0.25, 0.3) is 11.0 Å². The zero-order chi connectivity index (χ0) is 10.7. The van der Waals surface area contributed by atoms with Crippen molar-refractivity contribution in [2.24, 2.45) is 0 Å². The van der Waals surface area contributed by atoms with Crippen LogP contribution in [-0.2, 0) is 6.42 Å². The number of aromatic amines is 1. The summed E-state index contributed by atoms with van der Waals surface area (Å²) in [5, 5.41) is 4.65. The normalized spacial score (nSPS) is 11.4. The van der Waals surface area contributed by atoms with Crippen molar-refractivity contribution in [1.29, 1.82) is 0 Å². The molecule has 0 radical (unpaired) electrons. The first-order valence-corrected chi connectivity index (χ1v) is 5.41. The van der Waals surface area contributed by atoms with E-state index in [9.17, 15) is 0 Å². The Kier molecular flexibility index (Phi) is 3.02. The van der Waals surface area contributed by atoms with Gasteiger partial charge in [-0.2, -0.15) is 0 Å². The molecule has 2 heterocycles. The van der Waals surface area contributed by atoms with Crippen LogP contribution in [0.1, 0.15) is 19.4 Å². The van der Waals surface area contributed by atoms with E-state index in [1.807, 2.05) is 12.3 Å². The summed E-state index contributed by atoms with van der Waals surface area (Å²) < 4.78 is 0. The van der Waals surface area contributed by atoms with Crippen molar-refractivity contribution in [1.82, 2.24) is 15.3 Å². The van der Waals surface area contributed by atoms with Crippen molar-refractivity contribution in [3.05, 3.63) is 30.1 Å². The fraction of sp³-hybridized carbons (Fsp3) is 0.417. The Bertz CT molecular complexity index is 431. The fourth-order valence-corrected chi connectivity index (χ4v) is 1.72. The smallest absolute Gasteiger partial charge is 0.137 e. The Balaban J connectivity index is 2.08. The molecule has 2 N–H and O–H groups in total. The lowest BCUT2D eigenvalue weighted by Crippen LogP contribution is -2.24. The Hall–Kier alpha value is -1.35. The van der Waals surface area contributed by atoms with Crippen LogP contribution in [0.4, 0.5) is 0 Å². The predicted molar refractivity (Wildman–Crippen MR) is 62.9 cm³/mol. The summed E-state index contributed by atoms with van der Waals surface area (Å²) in [5.74, 6) is 0. The third-order valence-electron chi connectivity index (χ3n) is 2.48. The summed E-state index contributed by atoms with van der Waals surface area (Å²) in [6, 6.07) is 4.65. The van der Waals surface area contributed by atoms with Gasteiger partial charge in [0.1, 0.15) is 5.65 Å². The van der Waals surface area contributed by atoms with Crippen molar-refractivity contribution in [2.75, 3.05) is 6.54 Å². The van der Waals surface area contributed by atoms with Crippen LogP contribution in [0.2, 0.25) is 0 Å². The van der Waals surface area contributed by atoms with Gasteiger partial charge in [0.15, 0.2) is 0 Å². The average molecular weight is 203 g/mol. The lowest BCUT2D eigenvalue weighted by Gasteiger charge is -2.06. The van der Waals surface area contributed by atoms with Crippen LogP contribution < -0.4 is 5.32 Å². The quantitative estimate of drug-likeness (QED) is 0.799. The molecule has 3 heteroatoms. The zero-order valence-corrected chi connectivity index (χ0v) is 9.25. The van der Waals surface area contributed by atoms with Crippen LogP contribution in [0.15, 0.2) is 24.5 Å². The van der Waals surface area contributed by atoms with E-state index in [-0.39, 0.29) is 0 Å². The molecular formula is C12H17N3. The van der Waals surface area contributed by atoms with Crippen molar-refractivity contribution in [3.63, 3.8) is 0 Å². The van der Waals surface area contributed by atoms with E-state index < -0.39 is 0 Å². The van der Waals surface area contributed by atoms with Crippen molar-refractivity contribution < 1.29 is 0 Å². The third kappa shape index (κ3) is 2.36. The first kappa shape index (κ1) is 10.2. The summed E-state index contributed by atoms with van der Waals surface area (Å²) >= 11 is 0. The highest BCUT2D eigenvalue weighted by molar-refractivity contribution is 5.79. The molecule has 2 rings (SSSR count). The SMILES string of the molecule is CC(C)NCCc1c[nH]c2ncccc12. The largest absolute Gasteiger partial charge is 0.346 e. The number of hydrogen-bond acceptors (Lipinski definition) is 2. The summed E-state index contributed by atoms with van der Waals surface area (Å²) in [7, 11) is 0. The second-order valence-corrected chi connectivity index (χ2v) is 4.07. The lowest BCUT2D eigenvalue weighted by atomic mass is 10.1. The number of rotatable bonds is 4. The third-order valence-corrected chi connectivity index (χ3v) is 2.48. The van der Waals surface area contributed by atoms with Crippen LogP contribution >= 0.6 is 0 Å². The van der Waals surface area contributed by atoms with Crippen LogP contribution in [0.3, 0.4) is 0 Å². The van der Waals surface area contributed by atoms with Gasteiger partial charge in [-0.05, 0) is 30.7 Å². The molecular weight excluding hydrogens is 186 g/mol. The highest BCUT2D eigenvalue weighted by atomic mass is 14.9. The maximum absolute atomic E-state index is 4.27. The number of pyridine rings is 1. The highest BCUT2D eigenvalue weighted by Gasteiger charge is 2.03. The number of hydrogen-bond donors (Lipinski definition) is 2. The van der Waals surface area contributed by atoms with Crippen molar-refractivity contribution in [2.45, 2.75) is 26.3 Å². The Morgan fingerprint density at radius 1 is 1.47 bits per heavy atom. The first-order chi connectivity index (χ1) is 7.27. The van der Waals surface area contributed by atoms with Gasteiger partial charge in [0.05, 0.1) is 0 Å². The average Bonchev–Trinajstić information content (AvgIpc) is 2.62. The monoisotopic (exact) mass is 203 g/mol. The highest BCUT2D eigenvalue weighted by Crippen LogP contribution is 2.15. The van der Waals surface area contributed by atoms with Crippen molar-refractivity contribution in [3.8, 4) is 0 Å². The Morgan fingerprint density at radius 3 is 3.13 bits per heavy atom. The second kappa shape index (κ2) is 4.45. The fourth-order valence-electron chi connectivity index (χ4n) is 1.72. The number of nitrogens with one attached hydrogen (secondary N) is 2. The maximum atomic E-state index is 4.27. The van der Waals surface area contributed by atoms with E-state index in [1.54, 1.807) is 0 Å². The van der Waals surface area contributed by atoms with Gasteiger partial charge in [-0.1, -0.05) is 13.8 Å². The van der Waals surface area contributed by atoms with E-state index in [2.05, 4.69) is 41.4 Å². The lowest BCUT2D eigenvalue weighted by molar-refractivity contribution is 0.591. The molecule has 0 aliphatic heterocycles. The van der Waals surface area contributed by atoms with Gasteiger partial charge in [0.25, 0.3) is 0 Å². The van der Waals surface area contributed by atoms with Gasteiger partial charge < -0.3 is 10.3 Å². The second-order valence-electron chi connectivity index (χ2n) is 4.07. The Labute approximate surface area is 89.9 Å². The number of nitrogens with zero attached hydrogens (tertiary/aromatic N) is 1. The topological polar surface area (TPSA) is 40.7 Å². The van der Waals surface area contributed by atoms with Crippen molar-refractivity contribution >= 4 is 11.0 Å². The molecule has 0 spiro atoms. The van der Waals surface area contributed by atoms with E-state index in [1.165, 1.54) is 10.9 Å². The van der Waals surface area contributed by atoms with Crippen LogP contribution in [-0.4, -0.2) is 22.6 Å². The van der Waals surface area contributed by atoms with E-state index in [0.29, 0.717) is 6.04 Å². The van der Waals surface area contributed by atoms with Gasteiger partial charge in [0.2, 0.25) is 0 Å². The molecule has 0 aromatic carbocycles. The molecule has 0 aliphatic carbocycles. The molecule has 0 unspecified atom stereocenters. The minimum absolute atomic E-state index is 0.549. The predicted octanol–water partition coefficient (Wildman–Crippen LogP) is 2.10. The summed E-state index contributed by atoms with van der Waals surface area (Å²) in [6.45, 7) is 5.34. The molecule has 0 bridgehead atoms. The summed E-state index contributed by atoms with van der Waals surface area (Å²) in [5.41, 5.74) is 2.32. The van der Waals surface area contributed by atoms with Crippen LogP contribution in [0, 0.1) is 0 Å². The molecule has 2 aromatic rings. The minimum Gasteiger partial charge on any atom is -0.346 e. The maximum Gasteiger partial charge on any atom is 0.137 e.